The van der Waals surface area contributed by atoms with E-state index >= 15 is 0 Å². The SMILES string of the molecule is c1ccc(-c2cccc([Si](c3ccccc3)(c3ccccc3)c3cccc4c3C3c5ccccc5C4c4cccc(-n5c6ccccc6c6cc([Si](c7ccccc7)(c7ccccc7)c7ccccc7)ccc65)c43)c2)cc1. The molecule has 1 aromatic heterocycles. The lowest BCUT2D eigenvalue weighted by Crippen LogP contribution is -2.75. The van der Waals surface area contributed by atoms with Gasteiger partial charge in [0.25, 0.3) is 0 Å². The maximum Gasteiger partial charge on any atom is 0.179 e. The molecule has 2 bridgehead atoms. The van der Waals surface area contributed by atoms with Crippen molar-refractivity contribution in [2.24, 2.45) is 0 Å². The van der Waals surface area contributed by atoms with Crippen LogP contribution in [0.15, 0.2) is 309 Å². The number of benzene rings is 12. The van der Waals surface area contributed by atoms with Crippen molar-refractivity contribution in [3.63, 3.8) is 0 Å². The average molecular weight is 1010 g/mol. The molecule has 12 aromatic carbocycles. The van der Waals surface area contributed by atoms with Crippen molar-refractivity contribution < 1.29 is 0 Å². The highest BCUT2D eigenvalue weighted by molar-refractivity contribution is 7.20. The Morgan fingerprint density at radius 3 is 1.26 bits per heavy atom. The van der Waals surface area contributed by atoms with E-state index in [0.29, 0.717) is 0 Å². The number of fused-ring (bicyclic) bond motifs is 3. The first kappa shape index (κ1) is 45.3. The Labute approximate surface area is 452 Å². The highest BCUT2D eigenvalue weighted by Crippen LogP contribution is 2.57. The van der Waals surface area contributed by atoms with Crippen molar-refractivity contribution >= 4 is 79.4 Å². The van der Waals surface area contributed by atoms with Crippen molar-refractivity contribution in [1.29, 1.82) is 0 Å². The van der Waals surface area contributed by atoms with E-state index in [1.165, 1.54) is 113 Å². The van der Waals surface area contributed by atoms with Gasteiger partial charge in [0.15, 0.2) is 16.1 Å². The monoisotopic (exact) mass is 1010 g/mol. The fourth-order valence-electron chi connectivity index (χ4n) is 14.2. The van der Waals surface area contributed by atoms with Gasteiger partial charge in [0.1, 0.15) is 0 Å². The standard InChI is InChI=1S/C74H53NSi2/c1-7-26-52(27-8-1)53-28-23-39-59(50-53)77(57-35-15-5-16-36-57,58-37-17-6-18-38-58)70-47-25-44-65-71-62-41-19-20-42-63(62)74(73(65)70)72-64(71)43-24-46-69(72)75-67-45-22-21-40-61(67)66-51-60(48-49-68(66)75)76(54-29-9-2-10-30-54,55-31-11-3-12-32-55)56-33-13-4-14-34-56/h1-51,71,74H. The van der Waals surface area contributed by atoms with Gasteiger partial charge in [-0.25, -0.2) is 0 Å². The summed E-state index contributed by atoms with van der Waals surface area (Å²) in [4.78, 5) is 0. The molecule has 0 fully saturated rings. The van der Waals surface area contributed by atoms with E-state index in [1.807, 2.05) is 0 Å². The van der Waals surface area contributed by atoms with E-state index in [2.05, 4.69) is 314 Å². The Kier molecular flexibility index (Phi) is 10.8. The van der Waals surface area contributed by atoms with Gasteiger partial charge >= 0.3 is 0 Å². The second kappa shape index (κ2) is 18.3. The van der Waals surface area contributed by atoms with Crippen molar-refractivity contribution in [2.45, 2.75) is 11.8 Å². The molecule has 16 rings (SSSR count). The third kappa shape index (κ3) is 6.77. The molecular formula is C74H53NSi2. The number of para-hydroxylation sites is 1. The lowest BCUT2D eigenvalue weighted by molar-refractivity contribution is 0.752. The molecule has 0 N–H and O–H groups in total. The molecule has 0 amide bonds. The Morgan fingerprint density at radius 1 is 0.247 bits per heavy atom. The van der Waals surface area contributed by atoms with Gasteiger partial charge in [-0.05, 0) is 104 Å². The second-order valence-electron chi connectivity index (χ2n) is 20.9. The van der Waals surface area contributed by atoms with Crippen LogP contribution in [0.25, 0.3) is 38.6 Å². The van der Waals surface area contributed by atoms with E-state index < -0.39 is 16.1 Å². The number of rotatable bonds is 10. The summed E-state index contributed by atoms with van der Waals surface area (Å²) in [6.45, 7) is 0. The molecule has 77 heavy (non-hydrogen) atoms. The minimum Gasteiger partial charge on any atom is -0.309 e. The minimum absolute atomic E-state index is 0.0324. The fourth-order valence-corrected chi connectivity index (χ4v) is 24.1. The maximum absolute atomic E-state index is 3.11. The molecule has 3 heteroatoms. The van der Waals surface area contributed by atoms with Gasteiger partial charge in [-0.2, -0.15) is 0 Å². The summed E-state index contributed by atoms with van der Waals surface area (Å²) in [5.41, 5.74) is 14.7. The predicted octanol–water partition coefficient (Wildman–Crippen LogP) is 12.2. The van der Waals surface area contributed by atoms with Crippen LogP contribution in [-0.2, 0) is 0 Å². The molecule has 0 saturated heterocycles. The molecule has 2 atom stereocenters. The normalized spacial score (nSPS) is 14.5. The molecule has 2 unspecified atom stereocenters. The fraction of sp³-hybridized carbons (Fsp3) is 0.0270. The van der Waals surface area contributed by atoms with Gasteiger partial charge in [-0.1, -0.05) is 291 Å². The van der Waals surface area contributed by atoms with Gasteiger partial charge in [0.2, 0.25) is 0 Å². The first-order valence-electron chi connectivity index (χ1n) is 27.1. The highest BCUT2D eigenvalue weighted by Gasteiger charge is 2.50. The van der Waals surface area contributed by atoms with Gasteiger partial charge in [-0.15, -0.1) is 0 Å². The lowest BCUT2D eigenvalue weighted by atomic mass is 9.60. The van der Waals surface area contributed by atoms with Crippen molar-refractivity contribution in [3.8, 4) is 16.8 Å². The largest absolute Gasteiger partial charge is 0.309 e. The first-order chi connectivity index (χ1) is 38.2. The Balaban J connectivity index is 1.01. The maximum atomic E-state index is 2.62. The smallest absolute Gasteiger partial charge is 0.179 e. The summed E-state index contributed by atoms with van der Waals surface area (Å²) in [7, 11) is -5.93. The van der Waals surface area contributed by atoms with Crippen molar-refractivity contribution in [2.75, 3.05) is 0 Å². The quantitative estimate of drug-likeness (QED) is 0.0950. The van der Waals surface area contributed by atoms with Gasteiger partial charge in [0.05, 0.1) is 16.7 Å². The molecule has 1 heterocycles. The second-order valence-corrected chi connectivity index (χ2v) is 28.5. The van der Waals surface area contributed by atoms with E-state index in [9.17, 15) is 0 Å². The van der Waals surface area contributed by atoms with Gasteiger partial charge in [-0.3, -0.25) is 0 Å². The van der Waals surface area contributed by atoms with E-state index in [0.717, 1.165) is 0 Å². The third-order valence-corrected chi connectivity index (χ3v) is 26.9. The molecule has 0 aliphatic heterocycles. The predicted molar refractivity (Wildman–Crippen MR) is 328 cm³/mol. The Morgan fingerprint density at radius 2 is 0.662 bits per heavy atom. The van der Waals surface area contributed by atoms with Crippen LogP contribution in [0.5, 0.6) is 0 Å². The van der Waals surface area contributed by atoms with Gasteiger partial charge < -0.3 is 4.57 Å². The van der Waals surface area contributed by atoms with Crippen LogP contribution in [0, 0.1) is 0 Å². The van der Waals surface area contributed by atoms with Crippen LogP contribution in [0.3, 0.4) is 0 Å². The van der Waals surface area contributed by atoms with Crippen molar-refractivity contribution in [1.82, 2.24) is 4.57 Å². The number of nitrogens with zero attached hydrogens (tertiary/aromatic N) is 1. The summed E-state index contributed by atoms with van der Waals surface area (Å²) in [5.74, 6) is 0.0268. The molecule has 3 aliphatic rings. The zero-order chi connectivity index (χ0) is 50.9. The zero-order valence-corrected chi connectivity index (χ0v) is 44.5. The molecule has 0 spiro atoms. The van der Waals surface area contributed by atoms with E-state index in [-0.39, 0.29) is 11.8 Å². The average Bonchev–Trinajstić information content (AvgIpc) is 3.90. The summed E-state index contributed by atoms with van der Waals surface area (Å²) < 4.78 is 2.62. The van der Waals surface area contributed by atoms with Crippen LogP contribution in [-0.4, -0.2) is 20.7 Å². The minimum atomic E-state index is -3.11. The Hall–Kier alpha value is -9.13. The first-order valence-corrected chi connectivity index (χ1v) is 31.1. The van der Waals surface area contributed by atoms with Crippen LogP contribution in [0.4, 0.5) is 0 Å². The summed E-state index contributed by atoms with van der Waals surface area (Å²) in [5, 5.41) is 13.6. The molecule has 3 aliphatic carbocycles. The van der Waals surface area contributed by atoms with Crippen LogP contribution in [0.1, 0.15) is 45.2 Å². The van der Waals surface area contributed by atoms with Crippen LogP contribution in [0.2, 0.25) is 0 Å². The van der Waals surface area contributed by atoms with Crippen molar-refractivity contribution in [3.05, 3.63) is 343 Å². The molecule has 13 aromatic rings. The molecule has 362 valence electrons. The molecule has 0 saturated carbocycles. The van der Waals surface area contributed by atoms with Crippen LogP contribution < -0.4 is 41.5 Å². The molecule has 0 radical (unpaired) electrons. The number of hydrogen-bond donors (Lipinski definition) is 0. The number of aromatic nitrogens is 1. The summed E-state index contributed by atoms with van der Waals surface area (Å²) >= 11 is 0. The summed E-state index contributed by atoms with van der Waals surface area (Å²) in [6, 6.07) is 118. The lowest BCUT2D eigenvalue weighted by Gasteiger charge is -2.47. The van der Waals surface area contributed by atoms with E-state index in [1.54, 1.807) is 0 Å². The zero-order valence-electron chi connectivity index (χ0n) is 42.5. The third-order valence-electron chi connectivity index (χ3n) is 17.3. The number of hydrogen-bond acceptors (Lipinski definition) is 0. The topological polar surface area (TPSA) is 4.93 Å². The summed E-state index contributed by atoms with van der Waals surface area (Å²) in [6.07, 6.45) is 0. The van der Waals surface area contributed by atoms with Gasteiger partial charge in [0, 0.05) is 22.6 Å². The highest BCUT2D eigenvalue weighted by atomic mass is 28.3. The van der Waals surface area contributed by atoms with Crippen LogP contribution >= 0.6 is 0 Å². The Bertz CT molecular complexity index is 4190. The molecule has 1 nitrogen and oxygen atoms in total. The van der Waals surface area contributed by atoms with E-state index in [4.69, 9.17) is 0 Å². The molecular weight excluding hydrogens is 959 g/mol.